The first kappa shape index (κ1) is 22.9. The van der Waals surface area contributed by atoms with Crippen molar-refractivity contribution in [3.05, 3.63) is 64.2 Å². The van der Waals surface area contributed by atoms with Crippen LogP contribution in [0, 0.1) is 11.3 Å². The number of aliphatic hydroxyl groups is 1. The van der Waals surface area contributed by atoms with Crippen LogP contribution in [0.25, 0.3) is 0 Å². The Morgan fingerprint density at radius 2 is 2.00 bits per heavy atom. The van der Waals surface area contributed by atoms with Crippen LogP contribution in [0.2, 0.25) is 5.02 Å². The zero-order chi connectivity index (χ0) is 22.2. The molecule has 1 saturated carbocycles. The standard InChI is InChI=1S/C25H29ClINO3/c1-15-23-22(16-3-5-18(26)6-4-16)21(9-10-25(23,2)24(30)28-15)20-8-7-19(31-12-11-29)13-17(20)14-27/h3-8,13,15,21-23,29H,9-12,14H2,1-2H3,(H,28,30)/t15-,21+,22+,23+,25-/m1/s1. The van der Waals surface area contributed by atoms with Crippen molar-refractivity contribution in [3.63, 3.8) is 0 Å². The molecule has 2 aromatic rings. The number of nitrogens with one attached hydrogen (secondary N) is 1. The van der Waals surface area contributed by atoms with E-state index in [-0.39, 0.29) is 35.8 Å². The summed E-state index contributed by atoms with van der Waals surface area (Å²) in [6.07, 6.45) is 1.84. The minimum Gasteiger partial charge on any atom is -0.491 e. The minimum absolute atomic E-state index is 0.00175. The van der Waals surface area contributed by atoms with E-state index in [1.165, 1.54) is 16.7 Å². The van der Waals surface area contributed by atoms with E-state index in [1.54, 1.807) is 0 Å². The van der Waals surface area contributed by atoms with Gasteiger partial charge in [-0.05, 0) is 72.6 Å². The molecule has 1 heterocycles. The molecule has 0 bridgehead atoms. The predicted octanol–water partition coefficient (Wildman–Crippen LogP) is 5.45. The summed E-state index contributed by atoms with van der Waals surface area (Å²) < 4.78 is 6.54. The highest BCUT2D eigenvalue weighted by Gasteiger charge is 2.57. The van der Waals surface area contributed by atoms with Crippen molar-refractivity contribution in [2.45, 2.75) is 49.0 Å². The highest BCUT2D eigenvalue weighted by Crippen LogP contribution is 2.59. The molecular formula is C25H29ClINO3. The first-order valence-corrected chi connectivity index (χ1v) is 12.8. The fraction of sp³-hybridized carbons (Fsp3) is 0.480. The Labute approximate surface area is 202 Å². The van der Waals surface area contributed by atoms with E-state index >= 15 is 0 Å². The third-order valence-corrected chi connectivity index (χ3v) is 8.29. The second-order valence-corrected chi connectivity index (χ2v) is 10.2. The number of ether oxygens (including phenoxy) is 1. The maximum Gasteiger partial charge on any atom is 0.226 e. The number of rotatable bonds is 6. The molecule has 0 aromatic heterocycles. The van der Waals surface area contributed by atoms with Gasteiger partial charge < -0.3 is 15.2 Å². The normalized spacial score (nSPS) is 30.0. The van der Waals surface area contributed by atoms with Crippen LogP contribution in [-0.4, -0.2) is 30.3 Å². The lowest BCUT2D eigenvalue weighted by atomic mass is 9.55. The first-order valence-electron chi connectivity index (χ1n) is 10.9. The van der Waals surface area contributed by atoms with Crippen molar-refractivity contribution in [1.29, 1.82) is 0 Å². The Bertz CT molecular complexity index is 950. The van der Waals surface area contributed by atoms with Crippen molar-refractivity contribution >= 4 is 40.1 Å². The number of fused-ring (bicyclic) bond motifs is 1. The van der Waals surface area contributed by atoms with Gasteiger partial charge in [-0.1, -0.05) is 59.3 Å². The molecule has 1 amide bonds. The SMILES string of the molecule is C[C@H]1NC(=O)[C@]2(C)CC[C@@H](c3ccc(OCCO)cc3CI)[C@H](c3ccc(Cl)cc3)[C@H]12. The lowest BCUT2D eigenvalue weighted by Gasteiger charge is -2.46. The van der Waals surface area contributed by atoms with Crippen molar-refractivity contribution in [2.75, 3.05) is 13.2 Å². The van der Waals surface area contributed by atoms with Gasteiger partial charge >= 0.3 is 0 Å². The van der Waals surface area contributed by atoms with E-state index in [4.69, 9.17) is 21.4 Å². The molecule has 6 heteroatoms. The second-order valence-electron chi connectivity index (χ2n) is 8.99. The summed E-state index contributed by atoms with van der Waals surface area (Å²) in [6.45, 7) is 4.58. The third-order valence-electron chi connectivity index (χ3n) is 7.22. The molecule has 4 nitrogen and oxygen atoms in total. The molecule has 2 N–H and O–H groups in total. The summed E-state index contributed by atoms with van der Waals surface area (Å²) in [5.74, 6) is 1.72. The molecule has 1 saturated heterocycles. The molecule has 166 valence electrons. The van der Waals surface area contributed by atoms with Crippen LogP contribution < -0.4 is 10.1 Å². The van der Waals surface area contributed by atoms with Crippen LogP contribution in [0.4, 0.5) is 0 Å². The van der Waals surface area contributed by atoms with E-state index in [2.05, 4.69) is 66.0 Å². The number of carbonyl (C=O) groups is 1. The average molecular weight is 554 g/mol. The monoisotopic (exact) mass is 553 g/mol. The van der Waals surface area contributed by atoms with Crippen LogP contribution >= 0.6 is 34.2 Å². The van der Waals surface area contributed by atoms with E-state index in [1.807, 2.05) is 18.2 Å². The molecule has 0 spiro atoms. The van der Waals surface area contributed by atoms with Crippen molar-refractivity contribution in [3.8, 4) is 5.75 Å². The summed E-state index contributed by atoms with van der Waals surface area (Å²) in [6, 6.07) is 14.6. The topological polar surface area (TPSA) is 58.6 Å². The quantitative estimate of drug-likeness (QED) is 0.370. The molecule has 4 rings (SSSR count). The Morgan fingerprint density at radius 1 is 1.26 bits per heavy atom. The number of aliphatic hydroxyl groups excluding tert-OH is 1. The number of carbonyl (C=O) groups excluding carboxylic acids is 1. The Morgan fingerprint density at radius 3 is 2.68 bits per heavy atom. The number of hydrogen-bond donors (Lipinski definition) is 2. The van der Waals surface area contributed by atoms with Gasteiger partial charge in [0.15, 0.2) is 0 Å². The second kappa shape index (κ2) is 9.28. The van der Waals surface area contributed by atoms with Crippen molar-refractivity contribution in [1.82, 2.24) is 5.32 Å². The highest BCUT2D eigenvalue weighted by molar-refractivity contribution is 14.1. The summed E-state index contributed by atoms with van der Waals surface area (Å²) in [4.78, 5) is 12.9. The van der Waals surface area contributed by atoms with Gasteiger partial charge in [0.1, 0.15) is 12.4 Å². The van der Waals surface area contributed by atoms with E-state index in [0.717, 1.165) is 28.0 Å². The van der Waals surface area contributed by atoms with Gasteiger partial charge in [-0.3, -0.25) is 4.79 Å². The lowest BCUT2D eigenvalue weighted by Crippen LogP contribution is -2.42. The molecule has 2 aliphatic rings. The number of hydrogen-bond acceptors (Lipinski definition) is 3. The average Bonchev–Trinajstić information content (AvgIpc) is 3.00. The highest BCUT2D eigenvalue weighted by atomic mass is 127. The molecule has 0 unspecified atom stereocenters. The summed E-state index contributed by atoms with van der Waals surface area (Å²) in [5, 5.41) is 13.0. The first-order chi connectivity index (χ1) is 14.9. The molecule has 2 aromatic carbocycles. The van der Waals surface area contributed by atoms with Gasteiger partial charge in [-0.25, -0.2) is 0 Å². The Kier molecular flexibility index (Phi) is 6.85. The van der Waals surface area contributed by atoms with Gasteiger partial charge in [-0.2, -0.15) is 0 Å². The van der Waals surface area contributed by atoms with Gasteiger partial charge in [-0.15, -0.1) is 0 Å². The fourth-order valence-electron chi connectivity index (χ4n) is 5.82. The van der Waals surface area contributed by atoms with Crippen LogP contribution in [-0.2, 0) is 9.22 Å². The maximum absolute atomic E-state index is 12.9. The van der Waals surface area contributed by atoms with Crippen LogP contribution in [0.5, 0.6) is 5.75 Å². The molecule has 5 atom stereocenters. The predicted molar refractivity (Wildman–Crippen MR) is 132 cm³/mol. The van der Waals surface area contributed by atoms with Gasteiger partial charge in [0, 0.05) is 21.4 Å². The number of halogens is 2. The molecule has 31 heavy (non-hydrogen) atoms. The van der Waals surface area contributed by atoms with Crippen LogP contribution in [0.15, 0.2) is 42.5 Å². The van der Waals surface area contributed by atoms with Crippen LogP contribution in [0.3, 0.4) is 0 Å². The Balaban J connectivity index is 1.79. The van der Waals surface area contributed by atoms with Gasteiger partial charge in [0.05, 0.1) is 12.0 Å². The zero-order valence-corrected chi connectivity index (χ0v) is 20.8. The molecule has 1 aliphatic carbocycles. The number of benzene rings is 2. The smallest absolute Gasteiger partial charge is 0.226 e. The van der Waals surface area contributed by atoms with Crippen LogP contribution in [0.1, 0.15) is 55.2 Å². The number of amides is 1. The third kappa shape index (κ3) is 4.21. The largest absolute Gasteiger partial charge is 0.491 e. The van der Waals surface area contributed by atoms with E-state index in [0.29, 0.717) is 12.5 Å². The van der Waals surface area contributed by atoms with E-state index < -0.39 is 0 Å². The molecule has 0 radical (unpaired) electrons. The Hall–Kier alpha value is -1.31. The van der Waals surface area contributed by atoms with E-state index in [9.17, 15) is 4.79 Å². The molecule has 1 aliphatic heterocycles. The van der Waals surface area contributed by atoms with Crippen molar-refractivity contribution in [2.24, 2.45) is 11.3 Å². The minimum atomic E-state index is -0.352. The summed E-state index contributed by atoms with van der Waals surface area (Å²) in [7, 11) is 0. The zero-order valence-electron chi connectivity index (χ0n) is 17.9. The maximum atomic E-state index is 12.9. The summed E-state index contributed by atoms with van der Waals surface area (Å²) >= 11 is 8.61. The van der Waals surface area contributed by atoms with Gasteiger partial charge in [0.2, 0.25) is 5.91 Å². The summed E-state index contributed by atoms with van der Waals surface area (Å²) in [5.41, 5.74) is 3.48. The molecular weight excluding hydrogens is 525 g/mol. The lowest BCUT2D eigenvalue weighted by molar-refractivity contribution is -0.129. The van der Waals surface area contributed by atoms with Crippen molar-refractivity contribution < 1.29 is 14.6 Å². The fourth-order valence-corrected chi connectivity index (χ4v) is 6.61. The molecule has 2 fully saturated rings. The number of alkyl halides is 1. The van der Waals surface area contributed by atoms with Gasteiger partial charge in [0.25, 0.3) is 0 Å².